The molecule has 9 heteroatoms. The highest BCUT2D eigenvalue weighted by atomic mass is 35.5. The normalized spacial score (nSPS) is 11.5. The van der Waals surface area contributed by atoms with Crippen LogP contribution in [0.1, 0.15) is 24.2 Å². The first-order valence-electron chi connectivity index (χ1n) is 6.93. The van der Waals surface area contributed by atoms with Gasteiger partial charge < -0.3 is 5.32 Å². The number of nitrogens with one attached hydrogen (secondary N) is 2. The number of carbonyl (C=O) groups is 1. The van der Waals surface area contributed by atoms with E-state index in [1.54, 1.807) is 26.0 Å². The lowest BCUT2D eigenvalue weighted by molar-refractivity contribution is 0.102. The smallest absolute Gasteiger partial charge is 0.257 e. The maximum absolute atomic E-state index is 12.4. The van der Waals surface area contributed by atoms with Crippen LogP contribution in [0.2, 0.25) is 10.0 Å². The van der Waals surface area contributed by atoms with E-state index in [1.807, 2.05) is 0 Å². The predicted molar refractivity (Wildman–Crippen MR) is 94.1 cm³/mol. The lowest BCUT2D eigenvalue weighted by Crippen LogP contribution is -2.30. The maximum atomic E-state index is 12.4. The van der Waals surface area contributed by atoms with Gasteiger partial charge in [0.25, 0.3) is 5.91 Å². The second-order valence-electron chi connectivity index (χ2n) is 5.23. The lowest BCUT2D eigenvalue weighted by atomic mass is 10.2. The number of aromatic nitrogens is 1. The van der Waals surface area contributed by atoms with Gasteiger partial charge >= 0.3 is 0 Å². The molecule has 2 N–H and O–H groups in total. The maximum Gasteiger partial charge on any atom is 0.257 e. The number of benzene rings is 1. The molecule has 128 valence electrons. The molecule has 0 aliphatic rings. The molecule has 1 aromatic heterocycles. The number of sulfonamides is 1. The minimum absolute atomic E-state index is 0.00186. The van der Waals surface area contributed by atoms with Crippen molar-refractivity contribution in [3.05, 3.63) is 52.3 Å². The van der Waals surface area contributed by atoms with Crippen molar-refractivity contribution >= 4 is 44.8 Å². The van der Waals surface area contributed by atoms with Crippen molar-refractivity contribution in [3.63, 3.8) is 0 Å². The summed E-state index contributed by atoms with van der Waals surface area (Å²) in [7, 11) is -3.87. The summed E-state index contributed by atoms with van der Waals surface area (Å²) >= 11 is 12.0. The second kappa shape index (κ2) is 7.48. The monoisotopic (exact) mass is 387 g/mol. The Bertz CT molecular complexity index is 856. The Labute approximate surface area is 150 Å². The van der Waals surface area contributed by atoms with E-state index < -0.39 is 15.9 Å². The highest BCUT2D eigenvalue weighted by molar-refractivity contribution is 7.89. The van der Waals surface area contributed by atoms with E-state index in [4.69, 9.17) is 23.2 Å². The van der Waals surface area contributed by atoms with Gasteiger partial charge in [0.2, 0.25) is 10.0 Å². The van der Waals surface area contributed by atoms with E-state index in [0.717, 1.165) is 6.07 Å². The average molecular weight is 388 g/mol. The average Bonchev–Trinajstić information content (AvgIpc) is 2.46. The van der Waals surface area contributed by atoms with E-state index in [2.05, 4.69) is 15.0 Å². The van der Waals surface area contributed by atoms with Crippen LogP contribution in [0.3, 0.4) is 0 Å². The van der Waals surface area contributed by atoms with Crippen molar-refractivity contribution < 1.29 is 13.2 Å². The molecule has 0 unspecified atom stereocenters. The minimum atomic E-state index is -3.87. The Morgan fingerprint density at radius 1 is 1.12 bits per heavy atom. The van der Waals surface area contributed by atoms with E-state index >= 15 is 0 Å². The highest BCUT2D eigenvalue weighted by Crippen LogP contribution is 2.29. The standard InChI is InChI=1S/C15H15Cl2N3O3S/c1-9(2)20-24(22,23)14-7-11(12(16)8-13(14)17)15(21)19-10-3-5-18-6-4-10/h3-9,20H,1-2H3,(H,18,19,21). The fraction of sp³-hybridized carbons (Fsp3) is 0.200. The van der Waals surface area contributed by atoms with E-state index in [-0.39, 0.29) is 26.5 Å². The van der Waals surface area contributed by atoms with Crippen molar-refractivity contribution in [2.24, 2.45) is 0 Å². The first-order chi connectivity index (χ1) is 11.2. The largest absolute Gasteiger partial charge is 0.322 e. The highest BCUT2D eigenvalue weighted by Gasteiger charge is 2.23. The molecule has 2 aromatic rings. The number of rotatable bonds is 5. The lowest BCUT2D eigenvalue weighted by Gasteiger charge is -2.13. The molecule has 0 bridgehead atoms. The molecular weight excluding hydrogens is 373 g/mol. The Hall–Kier alpha value is -1.67. The molecule has 0 aliphatic heterocycles. The van der Waals surface area contributed by atoms with Crippen LogP contribution in [0.4, 0.5) is 5.69 Å². The third-order valence-electron chi connectivity index (χ3n) is 2.88. The van der Waals surface area contributed by atoms with Crippen molar-refractivity contribution in [2.75, 3.05) is 5.32 Å². The summed E-state index contributed by atoms with van der Waals surface area (Å²) in [6.45, 7) is 3.36. The fourth-order valence-corrected chi connectivity index (χ4v) is 4.03. The zero-order valence-electron chi connectivity index (χ0n) is 12.9. The fourth-order valence-electron chi connectivity index (χ4n) is 1.92. The van der Waals surface area contributed by atoms with Crippen LogP contribution in [-0.2, 0) is 10.0 Å². The predicted octanol–water partition coefficient (Wildman–Crippen LogP) is 3.33. The van der Waals surface area contributed by atoms with Gasteiger partial charge in [-0.05, 0) is 38.1 Å². The molecule has 6 nitrogen and oxygen atoms in total. The first-order valence-corrected chi connectivity index (χ1v) is 9.17. The van der Waals surface area contributed by atoms with E-state index in [9.17, 15) is 13.2 Å². The number of amides is 1. The third kappa shape index (κ3) is 4.45. The van der Waals surface area contributed by atoms with Crippen LogP contribution < -0.4 is 10.0 Å². The molecular formula is C15H15Cl2N3O3S. The van der Waals surface area contributed by atoms with E-state index in [1.165, 1.54) is 18.5 Å². The van der Waals surface area contributed by atoms with Crippen molar-refractivity contribution in [1.82, 2.24) is 9.71 Å². The van der Waals surface area contributed by atoms with Crippen LogP contribution in [0, 0.1) is 0 Å². The molecule has 0 saturated heterocycles. The molecule has 0 atom stereocenters. The molecule has 0 saturated carbocycles. The van der Waals surface area contributed by atoms with Gasteiger partial charge in [-0.25, -0.2) is 13.1 Å². The number of halogens is 2. The van der Waals surface area contributed by atoms with Gasteiger partial charge in [0.05, 0.1) is 15.6 Å². The van der Waals surface area contributed by atoms with E-state index in [0.29, 0.717) is 5.69 Å². The summed E-state index contributed by atoms with van der Waals surface area (Å²) in [6.07, 6.45) is 3.03. The molecule has 1 aromatic carbocycles. The van der Waals surface area contributed by atoms with Crippen LogP contribution in [-0.4, -0.2) is 25.4 Å². The Morgan fingerprint density at radius 2 is 1.75 bits per heavy atom. The minimum Gasteiger partial charge on any atom is -0.322 e. The zero-order chi connectivity index (χ0) is 17.9. The summed E-state index contributed by atoms with van der Waals surface area (Å²) < 4.78 is 27.1. The first kappa shape index (κ1) is 18.7. The number of anilines is 1. The van der Waals surface area contributed by atoms with Gasteiger partial charge in [-0.15, -0.1) is 0 Å². The quantitative estimate of drug-likeness (QED) is 0.823. The van der Waals surface area contributed by atoms with Gasteiger partial charge in [0.15, 0.2) is 0 Å². The molecule has 0 aliphatic carbocycles. The van der Waals surface area contributed by atoms with Gasteiger partial charge in [0.1, 0.15) is 4.90 Å². The van der Waals surface area contributed by atoms with Gasteiger partial charge in [-0.3, -0.25) is 9.78 Å². The van der Waals surface area contributed by atoms with Crippen molar-refractivity contribution in [2.45, 2.75) is 24.8 Å². The Kier molecular flexibility index (Phi) is 5.82. The zero-order valence-corrected chi connectivity index (χ0v) is 15.2. The van der Waals surface area contributed by atoms with Gasteiger partial charge in [0, 0.05) is 24.1 Å². The molecule has 0 radical (unpaired) electrons. The number of carbonyl (C=O) groups excluding carboxylic acids is 1. The van der Waals surface area contributed by atoms with Crippen molar-refractivity contribution in [1.29, 1.82) is 0 Å². The summed E-state index contributed by atoms with van der Waals surface area (Å²) in [5.74, 6) is -0.552. The topological polar surface area (TPSA) is 88.2 Å². The Morgan fingerprint density at radius 3 is 2.33 bits per heavy atom. The molecule has 0 spiro atoms. The second-order valence-corrected chi connectivity index (χ2v) is 7.73. The number of pyridine rings is 1. The number of hydrogen-bond acceptors (Lipinski definition) is 4. The molecule has 1 amide bonds. The summed E-state index contributed by atoms with van der Waals surface area (Å²) in [5.41, 5.74) is 0.507. The van der Waals surface area contributed by atoms with Crippen LogP contribution in [0.25, 0.3) is 0 Å². The summed E-state index contributed by atoms with van der Waals surface area (Å²) in [5, 5.41) is 2.61. The molecule has 2 rings (SSSR count). The number of hydrogen-bond donors (Lipinski definition) is 2. The summed E-state index contributed by atoms with van der Waals surface area (Å²) in [6, 6.07) is 5.26. The molecule has 0 fully saturated rings. The molecule has 1 heterocycles. The number of nitrogens with zero attached hydrogens (tertiary/aromatic N) is 1. The van der Waals surface area contributed by atoms with Crippen LogP contribution in [0.15, 0.2) is 41.6 Å². The summed E-state index contributed by atoms with van der Waals surface area (Å²) in [4.78, 5) is 16.0. The molecule has 24 heavy (non-hydrogen) atoms. The third-order valence-corrected chi connectivity index (χ3v) is 5.32. The van der Waals surface area contributed by atoms with Crippen LogP contribution in [0.5, 0.6) is 0 Å². The van der Waals surface area contributed by atoms with Gasteiger partial charge in [-0.1, -0.05) is 23.2 Å². The Balaban J connectivity index is 2.41. The van der Waals surface area contributed by atoms with Crippen molar-refractivity contribution in [3.8, 4) is 0 Å². The van der Waals surface area contributed by atoms with Gasteiger partial charge in [-0.2, -0.15) is 0 Å². The van der Waals surface area contributed by atoms with Crippen LogP contribution >= 0.6 is 23.2 Å². The SMILES string of the molecule is CC(C)NS(=O)(=O)c1cc(C(=O)Nc2ccncc2)c(Cl)cc1Cl.